The van der Waals surface area contributed by atoms with E-state index in [-0.39, 0.29) is 27.9 Å². The molecular formula is C24H35Cl17NaO4P. The van der Waals surface area contributed by atoms with Gasteiger partial charge in [0.25, 0.3) is 0 Å². The molecule has 0 saturated carbocycles. The average molecular weight is 1040 g/mol. The number of halogens is 17. The van der Waals surface area contributed by atoms with Gasteiger partial charge >= 0.3 is 264 Å². The van der Waals surface area contributed by atoms with Crippen LogP contribution in [0.5, 0.6) is 0 Å². The molecule has 0 aromatic carbocycles. The number of phosphoric acid groups is 1. The molecule has 0 bridgehead atoms. The van der Waals surface area contributed by atoms with E-state index in [2.05, 4.69) is 27.7 Å². The molecule has 280 valence electrons. The molecule has 0 saturated heterocycles. The first-order valence-electron chi connectivity index (χ1n) is 14.1. The van der Waals surface area contributed by atoms with Gasteiger partial charge in [-0.15, -0.1) is 0 Å². The molecule has 0 spiro atoms. The fraction of sp³-hybridized carbons (Fsp3) is 1.00. The molecule has 0 rings (SSSR count). The van der Waals surface area contributed by atoms with Gasteiger partial charge in [-0.2, -0.15) is 0 Å². The Balaban J connectivity index is 0. The number of hydrogen-bond donors (Lipinski definition) is 1. The molecular weight excluding hydrogens is 1010 g/mol. The van der Waals surface area contributed by atoms with Crippen molar-refractivity contribution in [2.45, 2.75) is 110 Å². The molecule has 0 aliphatic rings. The summed E-state index contributed by atoms with van der Waals surface area (Å²) < 4.78 is 1.20. The summed E-state index contributed by atoms with van der Waals surface area (Å²) in [5.74, 6) is 0.687. The topological polar surface area (TPSA) is 55.8 Å². The van der Waals surface area contributed by atoms with E-state index in [0.29, 0.717) is 25.0 Å². The van der Waals surface area contributed by atoms with E-state index in [1.54, 1.807) is 0 Å². The molecule has 1 N–H and O–H groups in total. The first-order chi connectivity index (χ1) is 20.7. The molecule has 0 aromatic rings. The van der Waals surface area contributed by atoms with Gasteiger partial charge in [-0.1, -0.05) is 66.2 Å². The van der Waals surface area contributed by atoms with Crippen molar-refractivity contribution in [2.75, 3.05) is 13.2 Å². The second-order valence-electron chi connectivity index (χ2n) is 10.7. The van der Waals surface area contributed by atoms with Crippen LogP contribution in [0, 0.1) is 11.8 Å². The van der Waals surface area contributed by atoms with Gasteiger partial charge in [0.15, 0.2) is 0 Å². The van der Waals surface area contributed by atoms with Gasteiger partial charge < -0.3 is 4.89 Å². The van der Waals surface area contributed by atoms with Gasteiger partial charge in [-0.25, -0.2) is 4.57 Å². The van der Waals surface area contributed by atoms with Crippen molar-refractivity contribution < 1.29 is 18.5 Å². The van der Waals surface area contributed by atoms with Crippen LogP contribution in [-0.4, -0.2) is 77.4 Å². The summed E-state index contributed by atoms with van der Waals surface area (Å²) in [7, 11) is -3.89. The molecule has 0 amide bonds. The Morgan fingerprint density at radius 2 is 0.830 bits per heavy atom. The molecule has 0 radical (unpaired) electrons. The molecule has 0 heterocycles. The van der Waals surface area contributed by atoms with E-state index < -0.39 is 39.2 Å². The number of alkyl halides is 17. The predicted molar refractivity (Wildman–Crippen MR) is 215 cm³/mol. The van der Waals surface area contributed by atoms with Crippen molar-refractivity contribution >= 4 is 233 Å². The molecule has 0 aromatic heterocycles. The van der Waals surface area contributed by atoms with Crippen LogP contribution in [0.15, 0.2) is 0 Å². The van der Waals surface area contributed by atoms with Crippen molar-refractivity contribution in [3.8, 4) is 0 Å². The Bertz CT molecular complexity index is 902. The zero-order chi connectivity index (χ0) is 38.1. The van der Waals surface area contributed by atoms with Crippen LogP contribution in [0.3, 0.4) is 0 Å². The van der Waals surface area contributed by atoms with Crippen molar-refractivity contribution in [3.63, 3.8) is 0 Å². The van der Waals surface area contributed by atoms with Gasteiger partial charge in [0.1, 0.15) is 0 Å². The second kappa shape index (κ2) is 22.3. The Kier molecular flexibility index (Phi) is 26.1. The number of rotatable bonds is 20. The van der Waals surface area contributed by atoms with Gasteiger partial charge in [0, 0.05) is 0 Å². The van der Waals surface area contributed by atoms with Gasteiger partial charge in [-0.3, -0.25) is 9.05 Å². The Labute approximate surface area is 381 Å². The number of unbranched alkanes of at least 4 members (excludes halogenated alkanes) is 2. The Morgan fingerprint density at radius 3 is 1.06 bits per heavy atom. The fourth-order valence-electron chi connectivity index (χ4n) is 3.48. The zero-order valence-corrected chi connectivity index (χ0v) is 41.5. The fourth-order valence-corrected chi connectivity index (χ4v) is 9.94. The van der Waals surface area contributed by atoms with E-state index in [9.17, 15) is 9.46 Å². The van der Waals surface area contributed by atoms with Crippen LogP contribution in [-0.2, 0) is 13.6 Å². The van der Waals surface area contributed by atoms with Crippen LogP contribution in [0.2, 0.25) is 0 Å². The zero-order valence-electron chi connectivity index (χ0n) is 25.8. The van der Waals surface area contributed by atoms with Crippen molar-refractivity contribution in [2.24, 2.45) is 11.8 Å². The molecule has 4 nitrogen and oxygen atoms in total. The molecule has 0 aliphatic heterocycles. The summed E-state index contributed by atoms with van der Waals surface area (Å²) in [5, 5.41) is 0. The Hall–Kier alpha value is 6.04. The molecule has 2 atom stereocenters. The maximum absolute atomic E-state index is 11.9. The van der Waals surface area contributed by atoms with E-state index in [1.165, 1.54) is 0 Å². The first kappa shape index (κ1) is 55.1. The summed E-state index contributed by atoms with van der Waals surface area (Å²) in [4.78, 5) is 9.77. The monoisotopic (exact) mass is 1040 g/mol. The first-order valence-corrected chi connectivity index (χ1v) is 23.0. The minimum atomic E-state index is -3.89. The summed E-state index contributed by atoms with van der Waals surface area (Å²) in [6.07, 6.45) is 8.56. The quantitative estimate of drug-likeness (QED) is 0.0750. The number of phosphoric ester groups is 1. The van der Waals surface area contributed by atoms with Crippen molar-refractivity contribution in [1.29, 1.82) is 0 Å². The van der Waals surface area contributed by atoms with E-state index in [1.807, 2.05) is 0 Å². The standard InChI is InChI=1S/C16H35O4P.C8Cl17.Na/c1-5-9-11-15(7-3)13-19-21(17,18)20-14-16(8-4)12-10-6-2;9-1(10)2(11,12)3(13,14)4(15,16)5(17,18)6(19,20)7(21,22)8(23,24)25;/h15-16H,5-14H2,1-4H3,(H,17,18);;. The van der Waals surface area contributed by atoms with Crippen molar-refractivity contribution in [3.05, 3.63) is 0 Å². The van der Waals surface area contributed by atoms with E-state index >= 15 is 0 Å². The van der Waals surface area contributed by atoms with Crippen LogP contribution in [0.4, 0.5) is 0 Å². The van der Waals surface area contributed by atoms with Gasteiger partial charge in [0.05, 0.1) is 13.2 Å². The van der Waals surface area contributed by atoms with E-state index in [0.717, 1.165) is 51.4 Å². The van der Waals surface area contributed by atoms with Crippen LogP contribution in [0.1, 0.15) is 79.1 Å². The Morgan fingerprint density at radius 1 is 0.553 bits per heavy atom. The third-order valence-corrected chi connectivity index (χ3v) is 20.6. The van der Waals surface area contributed by atoms with Crippen LogP contribution in [0.25, 0.3) is 0 Å². The van der Waals surface area contributed by atoms with Gasteiger partial charge in [-0.05, 0) is 24.7 Å². The second-order valence-corrected chi connectivity index (χ2v) is 26.9. The summed E-state index contributed by atoms with van der Waals surface area (Å²) in [5.41, 5.74) is 0. The number of hydrogen-bond acceptors (Lipinski definition) is 3. The SMILES string of the molecule is CCCCC(CC)COP(=O)(O)OCC(CC)CCCC.[Na][C](Cl)(Cl)C(Cl)(Cl)C(Cl)(Cl)C(Cl)(Cl)C(Cl)(Cl)C(Cl)(Cl)C(Cl)(Cl)C(Cl)(Cl)Cl. The van der Waals surface area contributed by atoms with Gasteiger partial charge in [0.2, 0.25) is 0 Å². The molecule has 0 fully saturated rings. The molecule has 23 heteroatoms. The minimum absolute atomic E-state index is 0.0760. The molecule has 47 heavy (non-hydrogen) atoms. The predicted octanol–water partition coefficient (Wildman–Crippen LogP) is 15.3. The van der Waals surface area contributed by atoms with Crippen LogP contribution < -0.4 is 0 Å². The summed E-state index contributed by atoms with van der Waals surface area (Å²) in [6, 6.07) is 0. The van der Waals surface area contributed by atoms with Crippen molar-refractivity contribution in [1.82, 2.24) is 0 Å². The summed E-state index contributed by atoms with van der Waals surface area (Å²) in [6.45, 7) is 9.10. The molecule has 2 unspecified atom stereocenters. The van der Waals surface area contributed by atoms with E-state index in [4.69, 9.17) is 206 Å². The third kappa shape index (κ3) is 15.1. The normalized spacial score (nSPS) is 17.1. The molecule has 0 aliphatic carbocycles. The average Bonchev–Trinajstić information content (AvgIpc) is 2.91. The summed E-state index contributed by atoms with van der Waals surface area (Å²) >= 11 is 102. The van der Waals surface area contributed by atoms with Crippen LogP contribution >= 0.6 is 205 Å². The maximum atomic E-state index is 11.9. The third-order valence-electron chi connectivity index (χ3n) is 6.91.